The second-order valence-corrected chi connectivity index (χ2v) is 7.02. The van der Waals surface area contributed by atoms with Gasteiger partial charge in [-0.05, 0) is 31.7 Å². The molecule has 2 rings (SSSR count). The lowest BCUT2D eigenvalue weighted by Crippen LogP contribution is -2.38. The molecule has 0 radical (unpaired) electrons. The number of anilines is 1. The molecule has 1 aromatic heterocycles. The quantitative estimate of drug-likeness (QED) is 0.889. The summed E-state index contributed by atoms with van der Waals surface area (Å²) in [5.74, 6) is 0. The molecule has 0 spiro atoms. The van der Waals surface area contributed by atoms with Crippen molar-refractivity contribution < 1.29 is 0 Å². The summed E-state index contributed by atoms with van der Waals surface area (Å²) in [4.78, 5) is 8.43. The molecular formula is C15H27N3S. The fourth-order valence-corrected chi connectivity index (χ4v) is 3.61. The van der Waals surface area contributed by atoms with Crippen LogP contribution in [-0.2, 0) is 0 Å². The summed E-state index contributed by atoms with van der Waals surface area (Å²) in [7, 11) is 0. The summed E-state index contributed by atoms with van der Waals surface area (Å²) in [5.41, 5.74) is 0.549. The van der Waals surface area contributed by atoms with Crippen molar-refractivity contribution >= 4 is 16.5 Å². The van der Waals surface area contributed by atoms with Gasteiger partial charge in [0, 0.05) is 30.2 Å². The highest BCUT2D eigenvalue weighted by molar-refractivity contribution is 7.15. The van der Waals surface area contributed by atoms with Gasteiger partial charge in [-0.1, -0.05) is 27.2 Å². The fraction of sp³-hybridized carbons (Fsp3) is 0.800. The van der Waals surface area contributed by atoms with E-state index in [1.54, 1.807) is 0 Å². The number of rotatable bonds is 5. The molecule has 2 heterocycles. The number of aromatic nitrogens is 1. The molecule has 0 amide bonds. The highest BCUT2D eigenvalue weighted by atomic mass is 32.1. The first-order valence-corrected chi connectivity index (χ1v) is 8.33. The third-order valence-electron chi connectivity index (χ3n) is 4.54. The van der Waals surface area contributed by atoms with Gasteiger partial charge in [-0.15, -0.1) is 11.3 Å². The Balaban J connectivity index is 1.97. The van der Waals surface area contributed by atoms with E-state index in [2.05, 4.69) is 42.9 Å². The van der Waals surface area contributed by atoms with E-state index in [-0.39, 0.29) is 0 Å². The molecule has 1 atom stereocenters. The molecule has 3 nitrogen and oxygen atoms in total. The molecule has 1 unspecified atom stereocenters. The summed E-state index contributed by atoms with van der Waals surface area (Å²) < 4.78 is 0. The smallest absolute Gasteiger partial charge is 0.185 e. The van der Waals surface area contributed by atoms with Crippen LogP contribution in [0.3, 0.4) is 0 Å². The number of piperidine rings is 1. The van der Waals surface area contributed by atoms with E-state index in [0.29, 0.717) is 11.5 Å². The highest BCUT2D eigenvalue weighted by Crippen LogP contribution is 2.37. The van der Waals surface area contributed by atoms with Gasteiger partial charge in [-0.25, -0.2) is 4.98 Å². The zero-order chi connectivity index (χ0) is 13.9. The Labute approximate surface area is 121 Å². The topological polar surface area (TPSA) is 28.2 Å². The molecular weight excluding hydrogens is 254 g/mol. The van der Waals surface area contributed by atoms with E-state index in [1.807, 2.05) is 17.5 Å². The number of hydrogen-bond donors (Lipinski definition) is 1. The lowest BCUT2D eigenvalue weighted by atomic mass is 9.78. The van der Waals surface area contributed by atoms with E-state index in [1.165, 1.54) is 29.3 Å². The number of nitrogens with zero attached hydrogens (tertiary/aromatic N) is 2. The zero-order valence-electron chi connectivity index (χ0n) is 12.7. The number of hydrogen-bond acceptors (Lipinski definition) is 4. The Morgan fingerprint density at radius 3 is 2.68 bits per heavy atom. The Bertz CT molecular complexity index is 394. The van der Waals surface area contributed by atoms with Crippen LogP contribution in [0.15, 0.2) is 6.20 Å². The Morgan fingerprint density at radius 1 is 1.42 bits per heavy atom. The molecule has 108 valence electrons. The fourth-order valence-electron chi connectivity index (χ4n) is 2.62. The molecule has 0 aromatic carbocycles. The lowest BCUT2D eigenvalue weighted by molar-refractivity contribution is 0.238. The largest absolute Gasteiger partial charge is 0.348 e. The van der Waals surface area contributed by atoms with Crippen LogP contribution >= 0.6 is 11.3 Å². The van der Waals surface area contributed by atoms with Crippen molar-refractivity contribution in [3.8, 4) is 0 Å². The van der Waals surface area contributed by atoms with E-state index < -0.39 is 0 Å². The zero-order valence-corrected chi connectivity index (χ0v) is 13.5. The third-order valence-corrected chi connectivity index (χ3v) is 5.78. The Hall–Kier alpha value is -0.610. The van der Waals surface area contributed by atoms with E-state index in [9.17, 15) is 0 Å². The molecule has 4 heteroatoms. The first-order chi connectivity index (χ1) is 9.08. The van der Waals surface area contributed by atoms with Crippen molar-refractivity contribution in [2.75, 3.05) is 24.5 Å². The van der Waals surface area contributed by atoms with Crippen molar-refractivity contribution in [3.63, 3.8) is 0 Å². The Morgan fingerprint density at radius 2 is 2.11 bits per heavy atom. The first kappa shape index (κ1) is 14.8. The number of thiazole rings is 1. The molecule has 1 fully saturated rings. The van der Waals surface area contributed by atoms with Crippen LogP contribution in [0, 0.1) is 5.41 Å². The van der Waals surface area contributed by atoms with Gasteiger partial charge in [0.05, 0.1) is 0 Å². The summed E-state index contributed by atoms with van der Waals surface area (Å²) >= 11 is 1.85. The minimum atomic E-state index is 0.418. The minimum absolute atomic E-state index is 0.418. The first-order valence-electron chi connectivity index (χ1n) is 7.52. The third kappa shape index (κ3) is 3.48. The van der Waals surface area contributed by atoms with Crippen molar-refractivity contribution in [1.82, 2.24) is 10.3 Å². The standard InChI is InChI=1S/C15H27N3S/c1-5-15(4)7-9-18(10-8-15)14-17-11-13(19-14)12(3)16-6-2/h11-12,16H,5-10H2,1-4H3. The molecule has 1 aromatic rings. The van der Waals surface area contributed by atoms with Crippen LogP contribution in [0.1, 0.15) is 57.9 Å². The van der Waals surface area contributed by atoms with Crippen molar-refractivity contribution in [2.45, 2.75) is 53.0 Å². The molecule has 0 aliphatic carbocycles. The molecule has 0 saturated carbocycles. The van der Waals surface area contributed by atoms with Crippen molar-refractivity contribution in [3.05, 3.63) is 11.1 Å². The van der Waals surface area contributed by atoms with E-state index in [0.717, 1.165) is 19.6 Å². The van der Waals surface area contributed by atoms with Crippen LogP contribution in [-0.4, -0.2) is 24.6 Å². The van der Waals surface area contributed by atoms with Gasteiger partial charge >= 0.3 is 0 Å². The van der Waals surface area contributed by atoms with Crippen LogP contribution in [0.25, 0.3) is 0 Å². The molecule has 19 heavy (non-hydrogen) atoms. The van der Waals surface area contributed by atoms with Gasteiger partial charge in [-0.2, -0.15) is 0 Å². The maximum absolute atomic E-state index is 4.62. The van der Waals surface area contributed by atoms with Crippen LogP contribution in [0.5, 0.6) is 0 Å². The average Bonchev–Trinajstić information content (AvgIpc) is 2.90. The van der Waals surface area contributed by atoms with Crippen LogP contribution in [0.2, 0.25) is 0 Å². The van der Waals surface area contributed by atoms with Gasteiger partial charge in [0.2, 0.25) is 0 Å². The van der Waals surface area contributed by atoms with Gasteiger partial charge in [0.1, 0.15) is 0 Å². The van der Waals surface area contributed by atoms with Crippen LogP contribution < -0.4 is 10.2 Å². The molecule has 0 bridgehead atoms. The van der Waals surface area contributed by atoms with Crippen LogP contribution in [0.4, 0.5) is 5.13 Å². The monoisotopic (exact) mass is 281 g/mol. The van der Waals surface area contributed by atoms with Gasteiger partial charge in [0.25, 0.3) is 0 Å². The Kier molecular flexibility index (Phi) is 4.85. The SMILES string of the molecule is CCNC(C)c1cnc(N2CCC(C)(CC)CC2)s1. The average molecular weight is 281 g/mol. The molecule has 1 aliphatic heterocycles. The molecule has 1 aliphatic rings. The predicted octanol–water partition coefficient (Wildman–Crippen LogP) is 3.83. The van der Waals surface area contributed by atoms with E-state index in [4.69, 9.17) is 0 Å². The minimum Gasteiger partial charge on any atom is -0.348 e. The summed E-state index contributed by atoms with van der Waals surface area (Å²) in [6.45, 7) is 12.4. The van der Waals surface area contributed by atoms with Crippen molar-refractivity contribution in [1.29, 1.82) is 0 Å². The second kappa shape index (κ2) is 6.23. The summed E-state index contributed by atoms with van der Waals surface area (Å²) in [5, 5.41) is 4.66. The van der Waals surface area contributed by atoms with E-state index >= 15 is 0 Å². The summed E-state index contributed by atoms with van der Waals surface area (Å²) in [6, 6.07) is 0.418. The van der Waals surface area contributed by atoms with Crippen molar-refractivity contribution in [2.24, 2.45) is 5.41 Å². The molecule has 1 N–H and O–H groups in total. The second-order valence-electron chi connectivity index (χ2n) is 5.98. The number of nitrogens with one attached hydrogen (secondary N) is 1. The van der Waals surface area contributed by atoms with Gasteiger partial charge < -0.3 is 10.2 Å². The molecule has 1 saturated heterocycles. The highest BCUT2D eigenvalue weighted by Gasteiger charge is 2.29. The normalized spacial score (nSPS) is 20.5. The lowest BCUT2D eigenvalue weighted by Gasteiger charge is -2.38. The predicted molar refractivity (Wildman–Crippen MR) is 84.1 cm³/mol. The maximum Gasteiger partial charge on any atom is 0.185 e. The maximum atomic E-state index is 4.62. The summed E-state index contributed by atoms with van der Waals surface area (Å²) in [6.07, 6.45) is 5.92. The van der Waals surface area contributed by atoms with Gasteiger partial charge in [0.15, 0.2) is 5.13 Å². The van der Waals surface area contributed by atoms with Gasteiger partial charge in [-0.3, -0.25) is 0 Å².